The van der Waals surface area contributed by atoms with E-state index in [1.54, 1.807) is 17.2 Å². The van der Waals surface area contributed by atoms with Crippen molar-refractivity contribution in [3.63, 3.8) is 0 Å². The average Bonchev–Trinajstić information content (AvgIpc) is 3.22. The molecule has 1 aliphatic heterocycles. The van der Waals surface area contributed by atoms with E-state index in [1.165, 1.54) is 0 Å². The number of rotatable bonds is 2. The number of piperidine rings is 1. The summed E-state index contributed by atoms with van der Waals surface area (Å²) in [6.07, 6.45) is 0.523. The van der Waals surface area contributed by atoms with Gasteiger partial charge in [0.1, 0.15) is 11.6 Å². The van der Waals surface area contributed by atoms with Crippen LogP contribution >= 0.6 is 0 Å². The van der Waals surface area contributed by atoms with Gasteiger partial charge in [0.15, 0.2) is 0 Å². The molecule has 0 amide bonds. The largest absolute Gasteiger partial charge is 0.393 e. The van der Waals surface area contributed by atoms with Crippen LogP contribution in [-0.4, -0.2) is 29.2 Å². The van der Waals surface area contributed by atoms with Crippen LogP contribution in [0.15, 0.2) is 12.3 Å². The molecule has 1 saturated heterocycles. The second-order valence-corrected chi connectivity index (χ2v) is 5.37. The van der Waals surface area contributed by atoms with E-state index in [4.69, 9.17) is 0 Å². The first-order chi connectivity index (χ1) is 9.04. The van der Waals surface area contributed by atoms with Crippen molar-refractivity contribution in [3.05, 3.63) is 18.1 Å². The Morgan fingerprint density at radius 1 is 1.21 bits per heavy atom. The number of anilines is 1. The Kier molecular flexibility index (Phi) is 3.11. The van der Waals surface area contributed by atoms with E-state index in [-0.39, 0.29) is 13.0 Å². The van der Waals surface area contributed by atoms with E-state index in [9.17, 15) is 13.2 Å². The van der Waals surface area contributed by atoms with E-state index in [1.807, 2.05) is 0 Å². The fourth-order valence-electron chi connectivity index (χ4n) is 2.53. The van der Waals surface area contributed by atoms with Gasteiger partial charge in [-0.25, -0.2) is 9.97 Å². The molecule has 0 spiro atoms. The molecule has 1 aromatic rings. The van der Waals surface area contributed by atoms with E-state index >= 15 is 0 Å². The lowest BCUT2D eigenvalue weighted by Crippen LogP contribution is -2.42. The van der Waals surface area contributed by atoms with Gasteiger partial charge in [-0.1, -0.05) is 0 Å². The first kappa shape index (κ1) is 12.7. The second kappa shape index (κ2) is 4.65. The fraction of sp³-hybridized carbons (Fsp3) is 0.692. The third kappa shape index (κ3) is 2.82. The summed E-state index contributed by atoms with van der Waals surface area (Å²) < 4.78 is 38.4. The van der Waals surface area contributed by atoms with Gasteiger partial charge in [-0.3, -0.25) is 0 Å². The van der Waals surface area contributed by atoms with Crippen LogP contribution in [0.4, 0.5) is 19.0 Å². The topological polar surface area (TPSA) is 29.0 Å². The molecule has 1 aliphatic carbocycles. The van der Waals surface area contributed by atoms with Crippen LogP contribution in [0.3, 0.4) is 0 Å². The summed E-state index contributed by atoms with van der Waals surface area (Å²) in [4.78, 5) is 10.4. The predicted molar refractivity (Wildman–Crippen MR) is 65.0 cm³/mol. The van der Waals surface area contributed by atoms with E-state index in [0.717, 1.165) is 18.7 Å². The van der Waals surface area contributed by atoms with Gasteiger partial charge in [0.25, 0.3) is 0 Å². The van der Waals surface area contributed by atoms with Crippen molar-refractivity contribution in [2.75, 3.05) is 18.0 Å². The standard InChI is InChI=1S/C13H16F3N3/c14-13(15,16)10-2-1-7-19(8-10)11-5-6-17-12(18-11)9-3-4-9/h5-6,9-10H,1-4,7-8H2. The molecule has 0 aromatic carbocycles. The van der Waals surface area contributed by atoms with Crippen molar-refractivity contribution in [1.82, 2.24) is 9.97 Å². The molecule has 1 atom stereocenters. The van der Waals surface area contributed by atoms with Crippen molar-refractivity contribution in [2.45, 2.75) is 37.8 Å². The monoisotopic (exact) mass is 271 g/mol. The number of aromatic nitrogens is 2. The van der Waals surface area contributed by atoms with Gasteiger partial charge in [0, 0.05) is 25.2 Å². The number of alkyl halides is 3. The molecular weight excluding hydrogens is 255 g/mol. The summed E-state index contributed by atoms with van der Waals surface area (Å²) in [7, 11) is 0. The predicted octanol–water partition coefficient (Wildman–Crippen LogP) is 3.13. The minimum absolute atomic E-state index is 0.0185. The fourth-order valence-corrected chi connectivity index (χ4v) is 2.53. The van der Waals surface area contributed by atoms with Crippen LogP contribution in [0.5, 0.6) is 0 Å². The van der Waals surface area contributed by atoms with E-state index in [0.29, 0.717) is 24.7 Å². The highest BCUT2D eigenvalue weighted by molar-refractivity contribution is 5.38. The summed E-state index contributed by atoms with van der Waals surface area (Å²) >= 11 is 0. The van der Waals surface area contributed by atoms with E-state index in [2.05, 4.69) is 9.97 Å². The lowest BCUT2D eigenvalue weighted by atomic mass is 9.97. The van der Waals surface area contributed by atoms with Gasteiger partial charge < -0.3 is 4.90 Å². The van der Waals surface area contributed by atoms with Crippen LogP contribution in [0.25, 0.3) is 0 Å². The van der Waals surface area contributed by atoms with Gasteiger partial charge in [-0.2, -0.15) is 13.2 Å². The minimum atomic E-state index is -4.11. The first-order valence-electron chi connectivity index (χ1n) is 6.68. The Balaban J connectivity index is 1.76. The molecule has 2 fully saturated rings. The Morgan fingerprint density at radius 3 is 2.68 bits per heavy atom. The summed E-state index contributed by atoms with van der Waals surface area (Å²) in [5, 5.41) is 0. The number of hydrogen-bond acceptors (Lipinski definition) is 3. The smallest absolute Gasteiger partial charge is 0.356 e. The average molecular weight is 271 g/mol. The molecule has 104 valence electrons. The molecule has 0 N–H and O–H groups in total. The van der Waals surface area contributed by atoms with Crippen molar-refractivity contribution in [3.8, 4) is 0 Å². The Labute approximate surface area is 109 Å². The lowest BCUT2D eigenvalue weighted by Gasteiger charge is -2.34. The van der Waals surface area contributed by atoms with Gasteiger partial charge in [-0.15, -0.1) is 0 Å². The summed E-state index contributed by atoms with van der Waals surface area (Å²) in [6, 6.07) is 1.71. The van der Waals surface area contributed by atoms with Crippen LogP contribution in [-0.2, 0) is 0 Å². The van der Waals surface area contributed by atoms with Gasteiger partial charge in [-0.05, 0) is 31.7 Å². The molecule has 3 nitrogen and oxygen atoms in total. The molecule has 1 aromatic heterocycles. The van der Waals surface area contributed by atoms with Crippen LogP contribution in [0.2, 0.25) is 0 Å². The summed E-state index contributed by atoms with van der Waals surface area (Å²) in [5.41, 5.74) is 0. The summed E-state index contributed by atoms with van der Waals surface area (Å²) in [6.45, 7) is 0.665. The van der Waals surface area contributed by atoms with Gasteiger partial charge in [0.05, 0.1) is 5.92 Å². The maximum absolute atomic E-state index is 12.8. The van der Waals surface area contributed by atoms with E-state index < -0.39 is 12.1 Å². The van der Waals surface area contributed by atoms with Crippen LogP contribution in [0.1, 0.15) is 37.4 Å². The molecular formula is C13H16F3N3. The quantitative estimate of drug-likeness (QED) is 0.827. The highest BCUT2D eigenvalue weighted by Crippen LogP contribution is 2.39. The zero-order chi connectivity index (χ0) is 13.5. The molecule has 1 saturated carbocycles. The maximum Gasteiger partial charge on any atom is 0.393 e. The zero-order valence-electron chi connectivity index (χ0n) is 10.5. The molecule has 0 radical (unpaired) electrons. The Bertz CT molecular complexity index is 457. The molecule has 2 heterocycles. The van der Waals surface area contributed by atoms with Crippen LogP contribution < -0.4 is 4.90 Å². The highest BCUT2D eigenvalue weighted by Gasteiger charge is 2.42. The van der Waals surface area contributed by atoms with Crippen molar-refractivity contribution >= 4 is 5.82 Å². The third-order valence-electron chi connectivity index (χ3n) is 3.81. The first-order valence-corrected chi connectivity index (χ1v) is 6.68. The normalized spacial score (nSPS) is 24.6. The van der Waals surface area contributed by atoms with Gasteiger partial charge >= 0.3 is 6.18 Å². The zero-order valence-corrected chi connectivity index (χ0v) is 10.5. The Morgan fingerprint density at radius 2 is 2.00 bits per heavy atom. The minimum Gasteiger partial charge on any atom is -0.356 e. The maximum atomic E-state index is 12.8. The number of halogens is 3. The van der Waals surface area contributed by atoms with Crippen molar-refractivity contribution in [1.29, 1.82) is 0 Å². The van der Waals surface area contributed by atoms with Crippen LogP contribution in [0, 0.1) is 5.92 Å². The molecule has 1 unspecified atom stereocenters. The Hall–Kier alpha value is -1.33. The lowest BCUT2D eigenvalue weighted by molar-refractivity contribution is -0.176. The molecule has 0 bridgehead atoms. The molecule has 19 heavy (non-hydrogen) atoms. The van der Waals surface area contributed by atoms with Crippen molar-refractivity contribution < 1.29 is 13.2 Å². The number of nitrogens with zero attached hydrogens (tertiary/aromatic N) is 3. The van der Waals surface area contributed by atoms with Gasteiger partial charge in [0.2, 0.25) is 0 Å². The van der Waals surface area contributed by atoms with Crippen molar-refractivity contribution in [2.24, 2.45) is 5.92 Å². The summed E-state index contributed by atoms with van der Waals surface area (Å²) in [5.74, 6) is 0.612. The second-order valence-electron chi connectivity index (χ2n) is 5.37. The SMILES string of the molecule is FC(F)(F)C1CCCN(c2ccnc(C3CC3)n2)C1. The molecule has 3 rings (SSSR count). The number of hydrogen-bond donors (Lipinski definition) is 0. The highest BCUT2D eigenvalue weighted by atomic mass is 19.4. The molecule has 2 aliphatic rings. The molecule has 6 heteroatoms. The third-order valence-corrected chi connectivity index (χ3v) is 3.81.